The predicted molar refractivity (Wildman–Crippen MR) is 76.9 cm³/mol. The number of carbonyl (C=O) groups is 1. The fraction of sp³-hybridized carbons (Fsp3) is 0.812. The van der Waals surface area contributed by atoms with Crippen LogP contribution in [0.5, 0.6) is 0 Å². The fourth-order valence-corrected chi connectivity index (χ4v) is 4.38. The summed E-state index contributed by atoms with van der Waals surface area (Å²) in [4.78, 5) is 12.0. The van der Waals surface area contributed by atoms with Crippen LogP contribution in [0.2, 0.25) is 0 Å². The zero-order valence-electron chi connectivity index (χ0n) is 12.6. The molecule has 2 bridgehead atoms. The van der Waals surface area contributed by atoms with Gasteiger partial charge < -0.3 is 4.74 Å². The van der Waals surface area contributed by atoms with Gasteiger partial charge in [-0.25, -0.2) is 9.48 Å². The zero-order chi connectivity index (χ0) is 14.4. The van der Waals surface area contributed by atoms with Gasteiger partial charge in [-0.2, -0.15) is 0 Å². The molecular weight excluding hydrogens is 266 g/mol. The third-order valence-electron chi connectivity index (χ3n) is 5.50. The maximum atomic E-state index is 12.0. The van der Waals surface area contributed by atoms with Crippen LogP contribution in [0.15, 0.2) is 0 Å². The number of rotatable bonds is 5. The second kappa shape index (κ2) is 5.11. The summed E-state index contributed by atoms with van der Waals surface area (Å²) < 4.78 is 7.15. The molecule has 0 saturated heterocycles. The molecular formula is C16H23N3O2. The molecule has 0 N–H and O–H groups in total. The first-order valence-corrected chi connectivity index (χ1v) is 8.36. The van der Waals surface area contributed by atoms with E-state index in [0.29, 0.717) is 18.2 Å². The number of aromatic nitrogens is 3. The molecule has 4 rings (SSSR count). The minimum Gasteiger partial charge on any atom is -0.461 e. The van der Waals surface area contributed by atoms with E-state index in [2.05, 4.69) is 10.3 Å². The van der Waals surface area contributed by atoms with Crippen LogP contribution >= 0.6 is 0 Å². The van der Waals surface area contributed by atoms with Crippen LogP contribution < -0.4 is 0 Å². The highest BCUT2D eigenvalue weighted by atomic mass is 16.5. The van der Waals surface area contributed by atoms with Crippen molar-refractivity contribution >= 4 is 5.97 Å². The first kappa shape index (κ1) is 13.3. The average Bonchev–Trinajstić information content (AvgIpc) is 2.92. The maximum absolute atomic E-state index is 12.0. The lowest BCUT2D eigenvalue weighted by Crippen LogP contribution is -2.20. The molecule has 1 aromatic rings. The van der Waals surface area contributed by atoms with Crippen molar-refractivity contribution in [2.75, 3.05) is 6.61 Å². The summed E-state index contributed by atoms with van der Waals surface area (Å²) in [6, 6.07) is 0. The van der Waals surface area contributed by atoms with Gasteiger partial charge in [-0.05, 0) is 56.8 Å². The number of esters is 1. The monoisotopic (exact) mass is 289 g/mol. The zero-order valence-corrected chi connectivity index (χ0v) is 12.6. The Labute approximate surface area is 125 Å². The van der Waals surface area contributed by atoms with Gasteiger partial charge in [-0.3, -0.25) is 0 Å². The van der Waals surface area contributed by atoms with Crippen molar-refractivity contribution in [3.05, 3.63) is 11.4 Å². The Hall–Kier alpha value is -1.39. The number of hydrogen-bond acceptors (Lipinski definition) is 4. The molecule has 3 saturated carbocycles. The van der Waals surface area contributed by atoms with Crippen LogP contribution in [0.25, 0.3) is 0 Å². The van der Waals surface area contributed by atoms with Crippen LogP contribution in [0.3, 0.4) is 0 Å². The third-order valence-corrected chi connectivity index (χ3v) is 5.50. The lowest BCUT2D eigenvalue weighted by atomic mass is 9.89. The van der Waals surface area contributed by atoms with Crippen LogP contribution in [-0.4, -0.2) is 27.6 Å². The van der Waals surface area contributed by atoms with Crippen molar-refractivity contribution in [3.63, 3.8) is 0 Å². The first-order chi connectivity index (χ1) is 10.3. The molecule has 5 nitrogen and oxygen atoms in total. The van der Waals surface area contributed by atoms with Gasteiger partial charge in [0.2, 0.25) is 0 Å². The summed E-state index contributed by atoms with van der Waals surface area (Å²) in [5.74, 6) is 2.71. The summed E-state index contributed by atoms with van der Waals surface area (Å²) in [5.41, 5.74) is 1.50. The summed E-state index contributed by atoms with van der Waals surface area (Å²) in [7, 11) is 0. The van der Waals surface area contributed by atoms with Crippen LogP contribution in [0.1, 0.15) is 67.5 Å². The molecule has 0 aliphatic heterocycles. The Morgan fingerprint density at radius 3 is 2.76 bits per heavy atom. The molecule has 0 radical (unpaired) electrons. The molecule has 3 fully saturated rings. The highest BCUT2D eigenvalue weighted by molar-refractivity contribution is 5.88. The van der Waals surface area contributed by atoms with E-state index in [1.54, 1.807) is 0 Å². The second-order valence-corrected chi connectivity index (χ2v) is 6.94. The van der Waals surface area contributed by atoms with E-state index >= 15 is 0 Å². The molecule has 5 heteroatoms. The Kier molecular flexibility index (Phi) is 3.23. The molecule has 3 aliphatic rings. The molecule has 0 amide bonds. The van der Waals surface area contributed by atoms with Gasteiger partial charge in [0.05, 0.1) is 12.3 Å². The highest BCUT2D eigenvalue weighted by Crippen LogP contribution is 2.49. The van der Waals surface area contributed by atoms with Gasteiger partial charge in [0.25, 0.3) is 0 Å². The summed E-state index contributed by atoms with van der Waals surface area (Å²) in [6.45, 7) is 3.16. The molecule has 0 spiro atoms. The molecule has 1 heterocycles. The molecule has 0 aromatic carbocycles. The van der Waals surface area contributed by atoms with Crippen LogP contribution in [0, 0.1) is 17.8 Å². The van der Waals surface area contributed by atoms with Gasteiger partial charge in [0.15, 0.2) is 5.69 Å². The smallest absolute Gasteiger partial charge is 0.360 e. The predicted octanol–water partition coefficient (Wildman–Crippen LogP) is 2.77. The number of carbonyl (C=O) groups excluding carboxylic acids is 1. The maximum Gasteiger partial charge on any atom is 0.360 e. The molecule has 3 aliphatic carbocycles. The standard InChI is InChI=1S/C16H23N3O2/c1-2-21-16(20)14-15(11-5-6-11)19(18-17-14)9-13-8-10-3-4-12(13)7-10/h10-13H,2-9H2,1H3. The van der Waals surface area contributed by atoms with E-state index in [0.717, 1.165) is 42.8 Å². The van der Waals surface area contributed by atoms with Crippen molar-refractivity contribution in [1.82, 2.24) is 15.0 Å². The van der Waals surface area contributed by atoms with Gasteiger partial charge >= 0.3 is 5.97 Å². The van der Waals surface area contributed by atoms with Gasteiger partial charge in [-0.15, -0.1) is 5.10 Å². The van der Waals surface area contributed by atoms with Crippen LogP contribution in [-0.2, 0) is 11.3 Å². The largest absolute Gasteiger partial charge is 0.461 e. The minimum atomic E-state index is -0.307. The number of nitrogens with zero attached hydrogens (tertiary/aromatic N) is 3. The normalized spacial score (nSPS) is 30.8. The lowest BCUT2D eigenvalue weighted by Gasteiger charge is -2.22. The topological polar surface area (TPSA) is 57.0 Å². The number of ether oxygens (including phenoxy) is 1. The van der Waals surface area contributed by atoms with Crippen LogP contribution in [0.4, 0.5) is 0 Å². The summed E-state index contributed by atoms with van der Waals surface area (Å²) in [6.07, 6.45) is 7.84. The van der Waals surface area contributed by atoms with E-state index in [1.807, 2.05) is 11.6 Å². The van der Waals surface area contributed by atoms with Crippen molar-refractivity contribution in [3.8, 4) is 0 Å². The second-order valence-electron chi connectivity index (χ2n) is 6.94. The quantitative estimate of drug-likeness (QED) is 0.782. The molecule has 21 heavy (non-hydrogen) atoms. The van der Waals surface area contributed by atoms with Crippen molar-refractivity contribution in [1.29, 1.82) is 0 Å². The Morgan fingerprint density at radius 2 is 2.14 bits per heavy atom. The van der Waals surface area contributed by atoms with E-state index in [9.17, 15) is 4.79 Å². The molecule has 1 aromatic heterocycles. The van der Waals surface area contributed by atoms with E-state index in [1.165, 1.54) is 25.7 Å². The van der Waals surface area contributed by atoms with Crippen molar-refractivity contribution < 1.29 is 9.53 Å². The Morgan fingerprint density at radius 1 is 1.29 bits per heavy atom. The number of hydrogen-bond donors (Lipinski definition) is 0. The van der Waals surface area contributed by atoms with Gasteiger partial charge in [0, 0.05) is 12.5 Å². The summed E-state index contributed by atoms with van der Waals surface area (Å²) in [5, 5.41) is 8.43. The van der Waals surface area contributed by atoms with E-state index in [-0.39, 0.29) is 5.97 Å². The minimum absolute atomic E-state index is 0.307. The number of fused-ring (bicyclic) bond motifs is 2. The highest BCUT2D eigenvalue weighted by Gasteiger charge is 2.41. The average molecular weight is 289 g/mol. The van der Waals surface area contributed by atoms with Crippen molar-refractivity contribution in [2.24, 2.45) is 17.8 Å². The fourth-order valence-electron chi connectivity index (χ4n) is 4.38. The SMILES string of the molecule is CCOC(=O)c1nnn(CC2CC3CCC2C3)c1C1CC1. The van der Waals surface area contributed by atoms with E-state index < -0.39 is 0 Å². The van der Waals surface area contributed by atoms with Gasteiger partial charge in [0.1, 0.15) is 0 Å². The third kappa shape index (κ3) is 2.36. The summed E-state index contributed by atoms with van der Waals surface area (Å²) >= 11 is 0. The first-order valence-electron chi connectivity index (χ1n) is 8.36. The van der Waals surface area contributed by atoms with Gasteiger partial charge in [-0.1, -0.05) is 11.6 Å². The lowest BCUT2D eigenvalue weighted by molar-refractivity contribution is 0.0518. The molecule has 3 atom stereocenters. The Balaban J connectivity index is 1.56. The molecule has 114 valence electrons. The van der Waals surface area contributed by atoms with Crippen molar-refractivity contribution in [2.45, 2.75) is 57.9 Å². The Bertz CT molecular complexity index is 550. The van der Waals surface area contributed by atoms with E-state index in [4.69, 9.17) is 4.74 Å². The molecule has 3 unspecified atom stereocenters.